The third-order valence-corrected chi connectivity index (χ3v) is 6.41. The molecular weight excluding hydrogens is 367 g/mol. The van der Waals surface area contributed by atoms with Gasteiger partial charge in [0.2, 0.25) is 10.0 Å². The van der Waals surface area contributed by atoms with Crippen LogP contribution in [0, 0.1) is 5.82 Å². The highest BCUT2D eigenvalue weighted by atomic mass is 32.2. The molecule has 1 heterocycles. The van der Waals surface area contributed by atoms with Crippen molar-refractivity contribution in [1.82, 2.24) is 14.3 Å². The molecule has 0 aliphatic rings. The van der Waals surface area contributed by atoms with E-state index in [2.05, 4.69) is 15.3 Å². The predicted octanol–water partition coefficient (Wildman–Crippen LogP) is 3.41. The quantitative estimate of drug-likeness (QED) is 0.671. The molecule has 8 heteroatoms. The first-order valence-electron chi connectivity index (χ1n) is 8.69. The maximum Gasteiger partial charge on any atom is 0.243 e. The summed E-state index contributed by atoms with van der Waals surface area (Å²) in [7, 11) is -3.47. The van der Waals surface area contributed by atoms with Gasteiger partial charge in [-0.3, -0.25) is 0 Å². The number of halogens is 1. The molecule has 0 radical (unpaired) electrons. The van der Waals surface area contributed by atoms with Crippen LogP contribution in [0.3, 0.4) is 0 Å². The van der Waals surface area contributed by atoms with E-state index in [1.54, 1.807) is 36.4 Å². The number of anilines is 1. The zero-order valence-corrected chi connectivity index (χ0v) is 16.0. The standard InChI is InChI=1S/C19H21FN4O2S/c1-3-24(4-2)27(25,26)15-10-8-14(9-11-15)12-21-19-16-6-5-7-17(20)18(16)22-13-23-19/h5-11,13H,3-4,12H2,1-2H3,(H,21,22,23). The van der Waals surface area contributed by atoms with Crippen molar-refractivity contribution in [2.45, 2.75) is 25.3 Å². The van der Waals surface area contributed by atoms with E-state index in [0.29, 0.717) is 30.8 Å². The van der Waals surface area contributed by atoms with Crippen LogP contribution in [-0.4, -0.2) is 35.8 Å². The average molecular weight is 388 g/mol. The molecule has 0 amide bonds. The zero-order valence-electron chi connectivity index (χ0n) is 15.2. The number of benzene rings is 2. The van der Waals surface area contributed by atoms with Crippen molar-refractivity contribution < 1.29 is 12.8 Å². The summed E-state index contributed by atoms with van der Waals surface area (Å²) >= 11 is 0. The molecule has 1 aromatic heterocycles. The molecule has 2 aromatic carbocycles. The molecule has 0 atom stereocenters. The number of fused-ring (bicyclic) bond motifs is 1. The Kier molecular flexibility index (Phi) is 5.67. The van der Waals surface area contributed by atoms with Crippen molar-refractivity contribution in [1.29, 1.82) is 0 Å². The van der Waals surface area contributed by atoms with E-state index in [1.165, 1.54) is 16.7 Å². The molecule has 27 heavy (non-hydrogen) atoms. The van der Waals surface area contributed by atoms with Crippen LogP contribution in [0.15, 0.2) is 53.7 Å². The summed E-state index contributed by atoms with van der Waals surface area (Å²) in [5.74, 6) is 0.128. The van der Waals surface area contributed by atoms with Crippen molar-refractivity contribution in [3.63, 3.8) is 0 Å². The molecule has 0 aliphatic heterocycles. The number of nitrogens with zero attached hydrogens (tertiary/aromatic N) is 3. The van der Waals surface area contributed by atoms with Gasteiger partial charge >= 0.3 is 0 Å². The van der Waals surface area contributed by atoms with Crippen LogP contribution >= 0.6 is 0 Å². The van der Waals surface area contributed by atoms with E-state index in [-0.39, 0.29) is 10.4 Å². The lowest BCUT2D eigenvalue weighted by Crippen LogP contribution is -2.30. The minimum Gasteiger partial charge on any atom is -0.365 e. The van der Waals surface area contributed by atoms with Crippen LogP contribution in [-0.2, 0) is 16.6 Å². The van der Waals surface area contributed by atoms with Crippen LogP contribution in [0.1, 0.15) is 19.4 Å². The lowest BCUT2D eigenvalue weighted by Gasteiger charge is -2.18. The maximum absolute atomic E-state index is 13.8. The van der Waals surface area contributed by atoms with Gasteiger partial charge in [-0.05, 0) is 29.8 Å². The number of hydrogen-bond acceptors (Lipinski definition) is 5. The van der Waals surface area contributed by atoms with Crippen LogP contribution < -0.4 is 5.32 Å². The highest BCUT2D eigenvalue weighted by Gasteiger charge is 2.21. The first kappa shape index (κ1) is 19.2. The predicted molar refractivity (Wildman–Crippen MR) is 103 cm³/mol. The Morgan fingerprint density at radius 3 is 2.41 bits per heavy atom. The summed E-state index contributed by atoms with van der Waals surface area (Å²) in [4.78, 5) is 8.41. The zero-order chi connectivity index (χ0) is 19.4. The first-order valence-corrected chi connectivity index (χ1v) is 10.1. The Morgan fingerprint density at radius 1 is 1.04 bits per heavy atom. The van der Waals surface area contributed by atoms with E-state index in [1.807, 2.05) is 13.8 Å². The van der Waals surface area contributed by atoms with E-state index in [4.69, 9.17) is 0 Å². The number of hydrogen-bond donors (Lipinski definition) is 1. The van der Waals surface area contributed by atoms with Gasteiger partial charge in [0.25, 0.3) is 0 Å². The van der Waals surface area contributed by atoms with Crippen molar-refractivity contribution >= 4 is 26.7 Å². The van der Waals surface area contributed by atoms with Gasteiger partial charge in [0.15, 0.2) is 0 Å². The van der Waals surface area contributed by atoms with Gasteiger partial charge < -0.3 is 5.32 Å². The smallest absolute Gasteiger partial charge is 0.243 e. The van der Waals surface area contributed by atoms with E-state index in [0.717, 1.165) is 5.56 Å². The molecule has 0 saturated heterocycles. The van der Waals surface area contributed by atoms with Gasteiger partial charge in [0.1, 0.15) is 23.5 Å². The highest BCUT2D eigenvalue weighted by Crippen LogP contribution is 2.22. The molecule has 142 valence electrons. The highest BCUT2D eigenvalue weighted by molar-refractivity contribution is 7.89. The minimum atomic E-state index is -3.47. The fourth-order valence-corrected chi connectivity index (χ4v) is 4.33. The second-order valence-corrected chi connectivity index (χ2v) is 7.88. The Morgan fingerprint density at radius 2 is 1.74 bits per heavy atom. The summed E-state index contributed by atoms with van der Waals surface area (Å²) in [5, 5.41) is 3.75. The summed E-state index contributed by atoms with van der Waals surface area (Å²) in [5.41, 5.74) is 1.15. The largest absolute Gasteiger partial charge is 0.365 e. The number of para-hydroxylation sites is 1. The molecule has 0 saturated carbocycles. The summed E-state index contributed by atoms with van der Waals surface area (Å²) in [6, 6.07) is 11.4. The van der Waals surface area contributed by atoms with Gasteiger partial charge in [-0.25, -0.2) is 22.8 Å². The van der Waals surface area contributed by atoms with Crippen molar-refractivity contribution in [2.75, 3.05) is 18.4 Å². The Balaban J connectivity index is 1.78. The minimum absolute atomic E-state index is 0.260. The first-order chi connectivity index (χ1) is 13.0. The van der Waals surface area contributed by atoms with Crippen molar-refractivity contribution in [3.05, 3.63) is 60.2 Å². The fourth-order valence-electron chi connectivity index (χ4n) is 2.87. The Hall–Kier alpha value is -2.58. The van der Waals surface area contributed by atoms with Gasteiger partial charge in [-0.2, -0.15) is 4.31 Å². The second kappa shape index (κ2) is 7.98. The lowest BCUT2D eigenvalue weighted by atomic mass is 10.2. The van der Waals surface area contributed by atoms with E-state index < -0.39 is 15.8 Å². The Labute approximate surface area is 158 Å². The van der Waals surface area contributed by atoms with Gasteiger partial charge in [-0.1, -0.05) is 32.0 Å². The molecule has 0 spiro atoms. The molecule has 0 fully saturated rings. The molecule has 1 N–H and O–H groups in total. The second-order valence-electron chi connectivity index (χ2n) is 5.95. The third kappa shape index (κ3) is 3.91. The molecule has 0 bridgehead atoms. The van der Waals surface area contributed by atoms with Crippen LogP contribution in [0.5, 0.6) is 0 Å². The lowest BCUT2D eigenvalue weighted by molar-refractivity contribution is 0.445. The molecule has 0 aliphatic carbocycles. The molecule has 3 aromatic rings. The van der Waals surface area contributed by atoms with E-state index in [9.17, 15) is 12.8 Å². The normalized spacial score (nSPS) is 11.9. The summed E-state index contributed by atoms with van der Waals surface area (Å²) < 4.78 is 40.3. The van der Waals surface area contributed by atoms with Crippen molar-refractivity contribution in [2.24, 2.45) is 0 Å². The van der Waals surface area contributed by atoms with Crippen LogP contribution in [0.4, 0.5) is 10.2 Å². The number of aromatic nitrogens is 2. The molecule has 6 nitrogen and oxygen atoms in total. The summed E-state index contributed by atoms with van der Waals surface area (Å²) in [6.07, 6.45) is 1.31. The van der Waals surface area contributed by atoms with Crippen LogP contribution in [0.25, 0.3) is 10.9 Å². The van der Waals surface area contributed by atoms with Gasteiger partial charge in [0, 0.05) is 25.0 Å². The van der Waals surface area contributed by atoms with Gasteiger partial charge in [-0.15, -0.1) is 0 Å². The maximum atomic E-state index is 13.8. The van der Waals surface area contributed by atoms with E-state index >= 15 is 0 Å². The number of sulfonamides is 1. The topological polar surface area (TPSA) is 75.2 Å². The fraction of sp³-hybridized carbons (Fsp3) is 0.263. The Bertz CT molecular complexity index is 1040. The van der Waals surface area contributed by atoms with Gasteiger partial charge in [0.05, 0.1) is 4.90 Å². The van der Waals surface area contributed by atoms with Crippen LogP contribution in [0.2, 0.25) is 0 Å². The summed E-state index contributed by atoms with van der Waals surface area (Å²) in [6.45, 7) is 4.91. The molecular formula is C19H21FN4O2S. The molecule has 0 unspecified atom stereocenters. The average Bonchev–Trinajstić information content (AvgIpc) is 2.68. The monoisotopic (exact) mass is 388 g/mol. The SMILES string of the molecule is CCN(CC)S(=O)(=O)c1ccc(CNc2ncnc3c(F)cccc23)cc1. The number of rotatable bonds is 7. The number of nitrogens with one attached hydrogen (secondary N) is 1. The van der Waals surface area contributed by atoms with Crippen molar-refractivity contribution in [3.8, 4) is 0 Å². The molecule has 3 rings (SSSR count). The third-order valence-electron chi connectivity index (χ3n) is 4.34.